The molecule has 1 rings (SSSR count). The van der Waals surface area contributed by atoms with Gasteiger partial charge in [-0.15, -0.1) is 0 Å². The van der Waals surface area contributed by atoms with Gasteiger partial charge in [-0.1, -0.05) is 60.3 Å². The molecule has 1 saturated carbocycles. The molecule has 0 amide bonds. The molecule has 17 heavy (non-hydrogen) atoms. The molecule has 102 valence electrons. The van der Waals surface area contributed by atoms with Crippen LogP contribution in [0.4, 0.5) is 0 Å². The van der Waals surface area contributed by atoms with Crippen LogP contribution in [0.5, 0.6) is 0 Å². The van der Waals surface area contributed by atoms with Crippen molar-refractivity contribution in [3.05, 3.63) is 0 Å². The first-order valence-corrected chi connectivity index (χ1v) is 8.09. The van der Waals surface area contributed by atoms with E-state index in [9.17, 15) is 0 Å². The molecule has 1 fully saturated rings. The largest absolute Gasteiger partial charge is 0.0654 e. The van der Waals surface area contributed by atoms with Crippen LogP contribution in [0.15, 0.2) is 0 Å². The van der Waals surface area contributed by atoms with Crippen LogP contribution in [-0.2, 0) is 0 Å². The van der Waals surface area contributed by atoms with Gasteiger partial charge in [-0.3, -0.25) is 0 Å². The van der Waals surface area contributed by atoms with Gasteiger partial charge in [0.05, 0.1) is 0 Å². The van der Waals surface area contributed by atoms with Gasteiger partial charge >= 0.3 is 0 Å². The third kappa shape index (κ3) is 4.00. The highest BCUT2D eigenvalue weighted by molar-refractivity contribution is 4.98. The van der Waals surface area contributed by atoms with E-state index in [0.29, 0.717) is 0 Å². The molecule has 0 bridgehead atoms. The fourth-order valence-corrected chi connectivity index (χ4v) is 3.80. The molecule has 0 aromatic rings. The second-order valence-electron chi connectivity index (χ2n) is 6.71. The molecule has 0 N–H and O–H groups in total. The Morgan fingerprint density at radius 2 is 1.59 bits per heavy atom. The number of rotatable bonds is 9. The first-order valence-electron chi connectivity index (χ1n) is 8.09. The zero-order chi connectivity index (χ0) is 12.9. The van der Waals surface area contributed by atoms with E-state index >= 15 is 0 Å². The average molecular weight is 238 g/mol. The van der Waals surface area contributed by atoms with Gasteiger partial charge in [0.15, 0.2) is 0 Å². The van der Waals surface area contributed by atoms with Gasteiger partial charge in [0, 0.05) is 0 Å². The zero-order valence-electron chi connectivity index (χ0n) is 12.9. The summed E-state index contributed by atoms with van der Waals surface area (Å²) < 4.78 is 0. The molecule has 0 heteroatoms. The van der Waals surface area contributed by atoms with E-state index in [1.807, 2.05) is 0 Å². The predicted molar refractivity (Wildman–Crippen MR) is 78.2 cm³/mol. The lowest BCUT2D eigenvalue weighted by Crippen LogP contribution is -2.18. The summed E-state index contributed by atoms with van der Waals surface area (Å²) in [5.74, 6) is 2.87. The van der Waals surface area contributed by atoms with E-state index in [-0.39, 0.29) is 0 Å². The molecular weight excluding hydrogens is 204 g/mol. The lowest BCUT2D eigenvalue weighted by molar-refractivity contribution is 0.222. The lowest BCUT2D eigenvalue weighted by Gasteiger charge is -2.28. The third-order valence-corrected chi connectivity index (χ3v) is 5.37. The van der Waals surface area contributed by atoms with Crippen molar-refractivity contribution >= 4 is 0 Å². The number of hydrogen-bond acceptors (Lipinski definition) is 0. The monoisotopic (exact) mass is 238 g/mol. The van der Waals surface area contributed by atoms with Gasteiger partial charge in [-0.2, -0.15) is 0 Å². The summed E-state index contributed by atoms with van der Waals surface area (Å²) in [5, 5.41) is 0. The van der Waals surface area contributed by atoms with Crippen molar-refractivity contribution < 1.29 is 0 Å². The molecule has 0 aromatic heterocycles. The molecule has 0 nitrogen and oxygen atoms in total. The topological polar surface area (TPSA) is 0 Å². The maximum absolute atomic E-state index is 2.40. The van der Waals surface area contributed by atoms with Crippen molar-refractivity contribution in [2.45, 2.75) is 86.0 Å². The van der Waals surface area contributed by atoms with Gasteiger partial charge in [0.2, 0.25) is 0 Å². The molecule has 0 aliphatic heterocycles. The summed E-state index contributed by atoms with van der Waals surface area (Å²) in [6, 6.07) is 0. The minimum atomic E-state index is 0.785. The van der Waals surface area contributed by atoms with Crippen LogP contribution in [0.2, 0.25) is 0 Å². The van der Waals surface area contributed by atoms with Crippen LogP contribution in [0.3, 0.4) is 0 Å². The summed E-state index contributed by atoms with van der Waals surface area (Å²) in [6.45, 7) is 11.9. The second kappa shape index (κ2) is 6.81. The average Bonchev–Trinajstić information content (AvgIpc) is 3.07. The highest BCUT2D eigenvalue weighted by atomic mass is 14.5. The van der Waals surface area contributed by atoms with E-state index < -0.39 is 0 Å². The quantitative estimate of drug-likeness (QED) is 0.458. The maximum Gasteiger partial charge on any atom is -0.0269 e. The Labute approximate surface area is 110 Å². The van der Waals surface area contributed by atoms with Gasteiger partial charge in [-0.05, 0) is 48.9 Å². The van der Waals surface area contributed by atoms with E-state index in [1.165, 1.54) is 51.4 Å². The normalized spacial score (nSPS) is 21.5. The fourth-order valence-electron chi connectivity index (χ4n) is 3.80. The van der Waals surface area contributed by atoms with E-state index in [4.69, 9.17) is 0 Å². The summed E-state index contributed by atoms with van der Waals surface area (Å²) in [5.41, 5.74) is 0.785. The zero-order valence-corrected chi connectivity index (χ0v) is 12.9. The van der Waals surface area contributed by atoms with Crippen molar-refractivity contribution in [1.29, 1.82) is 0 Å². The highest BCUT2D eigenvalue weighted by Crippen LogP contribution is 2.58. The van der Waals surface area contributed by atoms with Gasteiger partial charge in [0.25, 0.3) is 0 Å². The molecule has 0 spiro atoms. The van der Waals surface area contributed by atoms with Gasteiger partial charge < -0.3 is 0 Å². The fraction of sp³-hybridized carbons (Fsp3) is 1.00. The minimum absolute atomic E-state index is 0.785. The maximum atomic E-state index is 2.40. The molecule has 2 unspecified atom stereocenters. The molecule has 0 heterocycles. The van der Waals surface area contributed by atoms with Crippen molar-refractivity contribution in [1.82, 2.24) is 0 Å². The van der Waals surface area contributed by atoms with Crippen molar-refractivity contribution in [2.24, 2.45) is 23.2 Å². The smallest absolute Gasteiger partial charge is 0.0269 e. The Balaban J connectivity index is 2.43. The van der Waals surface area contributed by atoms with Crippen LogP contribution < -0.4 is 0 Å². The Morgan fingerprint density at radius 1 is 0.941 bits per heavy atom. The van der Waals surface area contributed by atoms with Crippen LogP contribution >= 0.6 is 0 Å². The Kier molecular flexibility index (Phi) is 6.03. The summed E-state index contributed by atoms with van der Waals surface area (Å²) in [6.07, 6.45) is 11.7. The van der Waals surface area contributed by atoms with Gasteiger partial charge in [-0.25, -0.2) is 0 Å². The second-order valence-corrected chi connectivity index (χ2v) is 6.71. The Hall–Kier alpha value is 0. The van der Waals surface area contributed by atoms with E-state index in [1.54, 1.807) is 0 Å². The van der Waals surface area contributed by atoms with Gasteiger partial charge in [0.1, 0.15) is 0 Å². The lowest BCUT2D eigenvalue weighted by atomic mass is 9.77. The summed E-state index contributed by atoms with van der Waals surface area (Å²) in [7, 11) is 0. The van der Waals surface area contributed by atoms with Crippen LogP contribution in [0.25, 0.3) is 0 Å². The first kappa shape index (κ1) is 15.1. The van der Waals surface area contributed by atoms with Crippen LogP contribution in [0.1, 0.15) is 86.0 Å². The number of hydrogen-bond donors (Lipinski definition) is 0. The molecule has 1 aliphatic carbocycles. The molecule has 1 aliphatic rings. The summed E-state index contributed by atoms with van der Waals surface area (Å²) in [4.78, 5) is 0. The minimum Gasteiger partial charge on any atom is -0.0654 e. The third-order valence-electron chi connectivity index (χ3n) is 5.37. The highest BCUT2D eigenvalue weighted by Gasteiger charge is 2.47. The van der Waals surface area contributed by atoms with Crippen molar-refractivity contribution in [2.75, 3.05) is 0 Å². The molecule has 0 aromatic carbocycles. The van der Waals surface area contributed by atoms with E-state index in [2.05, 4.69) is 34.6 Å². The van der Waals surface area contributed by atoms with Crippen LogP contribution in [-0.4, -0.2) is 0 Å². The van der Waals surface area contributed by atoms with Crippen molar-refractivity contribution in [3.8, 4) is 0 Å². The van der Waals surface area contributed by atoms with E-state index in [0.717, 1.165) is 23.2 Å². The standard InChI is InChI=1S/C17H34/c1-6-9-16(8-3)17(12-13-17)11-10-15(7-2)14(4)5/h14-16H,6-13H2,1-5H3. The predicted octanol–water partition coefficient (Wildman–Crippen LogP) is 6.06. The molecule has 2 atom stereocenters. The SMILES string of the molecule is CCCC(CC)C1(CCC(CC)C(C)C)CC1. The molecular formula is C17H34. The first-order chi connectivity index (χ1) is 8.09. The van der Waals surface area contributed by atoms with Crippen LogP contribution in [0, 0.1) is 23.2 Å². The summed E-state index contributed by atoms with van der Waals surface area (Å²) >= 11 is 0. The Bertz CT molecular complexity index is 200. The van der Waals surface area contributed by atoms with Crippen molar-refractivity contribution in [3.63, 3.8) is 0 Å². The molecule has 0 radical (unpaired) electrons. The Morgan fingerprint density at radius 3 is 1.94 bits per heavy atom. The molecule has 0 saturated heterocycles.